The number of imidazole rings is 1. The van der Waals surface area contributed by atoms with Crippen molar-refractivity contribution in [1.82, 2.24) is 25.0 Å². The van der Waals surface area contributed by atoms with E-state index in [1.807, 2.05) is 28.8 Å². The van der Waals surface area contributed by atoms with Gasteiger partial charge in [-0.05, 0) is 42.7 Å². The number of benzene rings is 1. The summed E-state index contributed by atoms with van der Waals surface area (Å²) in [6.45, 7) is 3.65. The number of rotatable bonds is 7. The lowest BCUT2D eigenvalue weighted by molar-refractivity contribution is 0.0407. The SMILES string of the molecule is O=C1NCc2c(-c3cnc4cc(F)ccn34)ccc(Nc3ccc(N4CCO[C@@H](CNC5CC5)C4)cn3)c21. The van der Waals surface area contributed by atoms with E-state index >= 15 is 0 Å². The van der Waals surface area contributed by atoms with Crippen LogP contribution < -0.4 is 20.9 Å². The summed E-state index contributed by atoms with van der Waals surface area (Å²) in [6, 6.07) is 11.3. The molecule has 5 heterocycles. The lowest BCUT2D eigenvalue weighted by Gasteiger charge is -2.34. The van der Waals surface area contributed by atoms with Crippen LogP contribution in [0.1, 0.15) is 28.8 Å². The molecule has 0 bridgehead atoms. The Kier molecular flexibility index (Phi) is 5.70. The number of morpholine rings is 1. The highest BCUT2D eigenvalue weighted by Crippen LogP contribution is 2.35. The summed E-state index contributed by atoms with van der Waals surface area (Å²) in [7, 11) is 0. The van der Waals surface area contributed by atoms with Gasteiger partial charge in [-0.15, -0.1) is 0 Å². The summed E-state index contributed by atoms with van der Waals surface area (Å²) < 4.78 is 21.4. The molecule has 0 radical (unpaired) electrons. The van der Waals surface area contributed by atoms with Crippen LogP contribution in [0.5, 0.6) is 0 Å². The van der Waals surface area contributed by atoms with Crippen molar-refractivity contribution in [2.24, 2.45) is 0 Å². The first-order valence-corrected chi connectivity index (χ1v) is 13.0. The minimum absolute atomic E-state index is 0.139. The van der Waals surface area contributed by atoms with Gasteiger partial charge in [0.25, 0.3) is 5.91 Å². The minimum Gasteiger partial charge on any atom is -0.373 e. The first-order chi connectivity index (χ1) is 18.6. The quantitative estimate of drug-likeness (QED) is 0.348. The van der Waals surface area contributed by atoms with E-state index in [4.69, 9.17) is 4.74 Å². The van der Waals surface area contributed by atoms with Crippen molar-refractivity contribution in [3.8, 4) is 11.3 Å². The number of aromatic nitrogens is 3. The predicted octanol–water partition coefficient (Wildman–Crippen LogP) is 3.48. The Bertz CT molecular complexity index is 1520. The van der Waals surface area contributed by atoms with Crippen molar-refractivity contribution in [2.75, 3.05) is 36.5 Å². The van der Waals surface area contributed by atoms with Gasteiger partial charge in [0.1, 0.15) is 17.3 Å². The van der Waals surface area contributed by atoms with Crippen LogP contribution >= 0.6 is 0 Å². The van der Waals surface area contributed by atoms with Gasteiger partial charge in [0, 0.05) is 50.0 Å². The van der Waals surface area contributed by atoms with Crippen LogP contribution in [-0.4, -0.2) is 58.7 Å². The van der Waals surface area contributed by atoms with Crippen molar-refractivity contribution in [3.05, 3.63) is 71.9 Å². The summed E-state index contributed by atoms with van der Waals surface area (Å²) in [5, 5.41) is 9.82. The fourth-order valence-electron chi connectivity index (χ4n) is 5.30. The van der Waals surface area contributed by atoms with Crippen molar-refractivity contribution in [3.63, 3.8) is 0 Å². The number of nitrogens with one attached hydrogen (secondary N) is 3. The van der Waals surface area contributed by atoms with Gasteiger partial charge in [0.05, 0.1) is 47.7 Å². The Balaban J connectivity index is 1.11. The number of anilines is 3. The van der Waals surface area contributed by atoms with Gasteiger partial charge in [0.2, 0.25) is 0 Å². The summed E-state index contributed by atoms with van der Waals surface area (Å²) in [6.07, 6.45) is 7.94. The first-order valence-electron chi connectivity index (χ1n) is 13.0. The van der Waals surface area contributed by atoms with E-state index in [2.05, 4.69) is 36.9 Å². The third-order valence-corrected chi connectivity index (χ3v) is 7.44. The van der Waals surface area contributed by atoms with Crippen LogP contribution in [0.15, 0.2) is 55.0 Å². The largest absolute Gasteiger partial charge is 0.373 e. The van der Waals surface area contributed by atoms with Crippen LogP contribution in [0.25, 0.3) is 16.9 Å². The minimum atomic E-state index is -0.339. The zero-order valence-corrected chi connectivity index (χ0v) is 20.8. The summed E-state index contributed by atoms with van der Waals surface area (Å²) >= 11 is 0. The van der Waals surface area contributed by atoms with Crippen LogP contribution in [0.3, 0.4) is 0 Å². The molecule has 1 saturated heterocycles. The van der Waals surface area contributed by atoms with E-state index in [0.29, 0.717) is 41.9 Å². The second-order valence-electron chi connectivity index (χ2n) is 10.1. The second kappa shape index (κ2) is 9.38. The van der Waals surface area contributed by atoms with E-state index in [0.717, 1.165) is 42.1 Å². The van der Waals surface area contributed by atoms with Crippen molar-refractivity contribution < 1.29 is 13.9 Å². The lowest BCUT2D eigenvalue weighted by atomic mass is 9.99. The van der Waals surface area contributed by atoms with Crippen molar-refractivity contribution in [1.29, 1.82) is 0 Å². The van der Waals surface area contributed by atoms with Crippen molar-refractivity contribution in [2.45, 2.75) is 31.5 Å². The van der Waals surface area contributed by atoms with E-state index in [1.54, 1.807) is 12.4 Å². The summed E-state index contributed by atoms with van der Waals surface area (Å²) in [5.74, 6) is 0.183. The molecule has 10 heteroatoms. The Morgan fingerprint density at radius 3 is 2.89 bits per heavy atom. The highest BCUT2D eigenvalue weighted by atomic mass is 19.1. The number of pyridine rings is 2. The maximum absolute atomic E-state index is 13.7. The van der Waals surface area contributed by atoms with Crippen LogP contribution in [0.2, 0.25) is 0 Å². The topological polar surface area (TPSA) is 95.8 Å². The molecule has 2 aliphatic heterocycles. The van der Waals surface area contributed by atoms with Gasteiger partial charge in [-0.1, -0.05) is 6.07 Å². The molecule has 0 spiro atoms. The molecule has 3 aromatic heterocycles. The average molecular weight is 514 g/mol. The molecule has 1 saturated carbocycles. The number of halogens is 1. The number of carbonyl (C=O) groups excluding carboxylic acids is 1. The zero-order valence-electron chi connectivity index (χ0n) is 20.8. The Morgan fingerprint density at radius 1 is 1.13 bits per heavy atom. The maximum Gasteiger partial charge on any atom is 0.254 e. The van der Waals surface area contributed by atoms with Crippen LogP contribution in [-0.2, 0) is 11.3 Å². The monoisotopic (exact) mass is 513 g/mol. The van der Waals surface area contributed by atoms with Gasteiger partial charge in [-0.25, -0.2) is 14.4 Å². The molecule has 194 valence electrons. The number of ether oxygens (including phenoxy) is 1. The highest BCUT2D eigenvalue weighted by Gasteiger charge is 2.28. The van der Waals surface area contributed by atoms with Gasteiger partial charge in [-0.2, -0.15) is 0 Å². The molecule has 9 nitrogen and oxygen atoms in total. The molecule has 1 atom stereocenters. The molecule has 38 heavy (non-hydrogen) atoms. The number of hydrogen-bond acceptors (Lipinski definition) is 7. The molecule has 3 aliphatic rings. The molecule has 1 aliphatic carbocycles. The van der Waals surface area contributed by atoms with Crippen LogP contribution in [0, 0.1) is 5.82 Å². The van der Waals surface area contributed by atoms with Gasteiger partial charge < -0.3 is 25.6 Å². The van der Waals surface area contributed by atoms with E-state index in [9.17, 15) is 9.18 Å². The van der Waals surface area contributed by atoms with E-state index in [-0.39, 0.29) is 17.8 Å². The molecule has 0 unspecified atom stereocenters. The molecule has 4 aromatic rings. The van der Waals surface area contributed by atoms with Crippen molar-refractivity contribution >= 4 is 28.7 Å². The number of hydrogen-bond donors (Lipinski definition) is 3. The second-order valence-corrected chi connectivity index (χ2v) is 10.1. The normalized spacial score (nSPS) is 19.0. The molecular weight excluding hydrogens is 485 g/mol. The molecule has 1 amide bonds. The predicted molar refractivity (Wildman–Crippen MR) is 142 cm³/mol. The number of fused-ring (bicyclic) bond motifs is 2. The first kappa shape index (κ1) is 23.1. The zero-order chi connectivity index (χ0) is 25.6. The lowest BCUT2D eigenvalue weighted by Crippen LogP contribution is -2.47. The number of amides is 1. The summed E-state index contributed by atoms with van der Waals surface area (Å²) in [4.78, 5) is 24.1. The highest BCUT2D eigenvalue weighted by molar-refractivity contribution is 6.06. The third kappa shape index (κ3) is 4.35. The third-order valence-electron chi connectivity index (χ3n) is 7.44. The smallest absolute Gasteiger partial charge is 0.254 e. The molecule has 1 aromatic carbocycles. The average Bonchev–Trinajstić information content (AvgIpc) is 3.56. The fourth-order valence-corrected chi connectivity index (χ4v) is 5.30. The van der Waals surface area contributed by atoms with Gasteiger partial charge in [-0.3, -0.25) is 9.20 Å². The standard InChI is InChI=1S/C28H28FN7O2/c29-17-7-8-36-24(15-32-26(36)11-17)21-4-5-23(27-22(21)14-33-28(27)37)34-25-6-3-19(12-31-25)35-9-10-38-20(16-35)13-30-18-1-2-18/h3-8,11-12,15,18,20,30H,1-2,9-10,13-14,16H2,(H,31,34)(H,33,37)/t20-/m0/s1. The molecule has 7 rings (SSSR count). The Morgan fingerprint density at radius 2 is 2.05 bits per heavy atom. The van der Waals surface area contributed by atoms with Crippen LogP contribution in [0.4, 0.5) is 21.6 Å². The van der Waals surface area contributed by atoms with Gasteiger partial charge in [0.15, 0.2) is 0 Å². The Hall–Kier alpha value is -4.02. The fraction of sp³-hybridized carbons (Fsp3) is 0.321. The summed E-state index contributed by atoms with van der Waals surface area (Å²) in [5.41, 5.74) is 5.41. The Labute approximate surface area is 219 Å². The van der Waals surface area contributed by atoms with E-state index < -0.39 is 0 Å². The number of carbonyl (C=O) groups is 1. The van der Waals surface area contributed by atoms with E-state index in [1.165, 1.54) is 25.0 Å². The maximum atomic E-state index is 13.7. The molecular formula is C28H28FN7O2. The number of nitrogens with zero attached hydrogens (tertiary/aromatic N) is 4. The molecule has 2 fully saturated rings. The molecule has 3 N–H and O–H groups in total. The van der Waals surface area contributed by atoms with Gasteiger partial charge >= 0.3 is 0 Å².